The minimum atomic E-state index is -0.0503. The first-order valence-corrected chi connectivity index (χ1v) is 6.85. The first-order valence-electron chi connectivity index (χ1n) is 5.65. The van der Waals surface area contributed by atoms with Crippen molar-refractivity contribution in [3.05, 3.63) is 28.2 Å². The van der Waals surface area contributed by atoms with Gasteiger partial charge in [-0.15, -0.1) is 0 Å². The summed E-state index contributed by atoms with van der Waals surface area (Å²) in [4.78, 5) is 11.8. The molecule has 0 aliphatic rings. The summed E-state index contributed by atoms with van der Waals surface area (Å²) in [6, 6.07) is 5.56. The van der Waals surface area contributed by atoms with Crippen LogP contribution in [0.5, 0.6) is 0 Å². The van der Waals surface area contributed by atoms with E-state index in [0.717, 1.165) is 22.1 Å². The molecule has 1 aromatic carbocycles. The summed E-state index contributed by atoms with van der Waals surface area (Å²) in [5, 5.41) is 5.82. The second-order valence-electron chi connectivity index (χ2n) is 3.73. The van der Waals surface area contributed by atoms with Crippen molar-refractivity contribution in [3.63, 3.8) is 0 Å². The zero-order chi connectivity index (χ0) is 13.5. The number of nitrogens with one attached hydrogen (secondary N) is 2. The van der Waals surface area contributed by atoms with E-state index in [4.69, 9.17) is 18.0 Å². The molecule has 0 atom stereocenters. The highest BCUT2D eigenvalue weighted by Gasteiger charge is 2.10. The van der Waals surface area contributed by atoms with Gasteiger partial charge in [0.2, 0.25) is 5.91 Å². The molecule has 18 heavy (non-hydrogen) atoms. The van der Waals surface area contributed by atoms with Crippen molar-refractivity contribution >= 4 is 44.7 Å². The van der Waals surface area contributed by atoms with E-state index in [0.29, 0.717) is 11.5 Å². The van der Waals surface area contributed by atoms with E-state index in [-0.39, 0.29) is 12.5 Å². The summed E-state index contributed by atoms with van der Waals surface area (Å²) in [6.07, 6.45) is 0.917. The maximum atomic E-state index is 11.5. The van der Waals surface area contributed by atoms with E-state index in [1.54, 1.807) is 0 Å². The summed E-state index contributed by atoms with van der Waals surface area (Å²) >= 11 is 8.38. The average Bonchev–Trinajstić information content (AvgIpc) is 2.33. The Bertz CT molecular complexity index is 451. The second-order valence-corrected chi connectivity index (χ2v) is 5.02. The number of carbonyl (C=O) groups is 1. The van der Waals surface area contributed by atoms with Crippen molar-refractivity contribution in [2.45, 2.75) is 13.3 Å². The molecular formula is C12H16BrN3OS. The second kappa shape index (κ2) is 7.33. The summed E-state index contributed by atoms with van der Waals surface area (Å²) in [6.45, 7) is 2.89. The maximum absolute atomic E-state index is 11.5. The molecule has 0 radical (unpaired) electrons. The third kappa shape index (κ3) is 4.27. The van der Waals surface area contributed by atoms with Crippen molar-refractivity contribution in [3.8, 4) is 0 Å². The van der Waals surface area contributed by atoms with Gasteiger partial charge in [0.15, 0.2) is 0 Å². The average molecular weight is 330 g/mol. The van der Waals surface area contributed by atoms with E-state index in [1.165, 1.54) is 0 Å². The number of benzene rings is 1. The standard InChI is InChI=1S/C12H16BrN3OS/c1-2-6-15-10(17)7-16-9-5-3-4-8(13)11(9)12(14)18/h3-5,16H,2,6-7H2,1H3,(H2,14,18)(H,15,17). The van der Waals surface area contributed by atoms with Crippen LogP contribution in [0.2, 0.25) is 0 Å². The number of anilines is 1. The number of amides is 1. The predicted octanol–water partition coefficient (Wildman–Crippen LogP) is 2.02. The Morgan fingerprint density at radius 3 is 2.83 bits per heavy atom. The first kappa shape index (κ1) is 14.9. The lowest BCUT2D eigenvalue weighted by Crippen LogP contribution is -2.30. The smallest absolute Gasteiger partial charge is 0.239 e. The minimum Gasteiger partial charge on any atom is -0.389 e. The monoisotopic (exact) mass is 329 g/mol. The normalized spacial score (nSPS) is 9.89. The Hall–Kier alpha value is -1.14. The molecule has 0 spiro atoms. The van der Waals surface area contributed by atoms with Gasteiger partial charge in [-0.2, -0.15) is 0 Å². The molecule has 0 saturated heterocycles. The number of thiocarbonyl (C=S) groups is 1. The molecule has 1 aromatic rings. The van der Waals surface area contributed by atoms with Crippen LogP contribution in [0, 0.1) is 0 Å². The molecule has 0 saturated carbocycles. The summed E-state index contributed by atoms with van der Waals surface area (Å²) in [5.41, 5.74) is 7.13. The van der Waals surface area contributed by atoms with Gasteiger partial charge in [0.05, 0.1) is 6.54 Å². The third-order valence-corrected chi connectivity index (χ3v) is 3.14. The van der Waals surface area contributed by atoms with Crippen LogP contribution in [-0.4, -0.2) is 24.0 Å². The fourth-order valence-corrected chi connectivity index (χ4v) is 2.36. The molecule has 1 rings (SSSR count). The zero-order valence-corrected chi connectivity index (χ0v) is 12.5. The van der Waals surface area contributed by atoms with Crippen molar-refractivity contribution < 1.29 is 4.79 Å². The number of hydrogen-bond donors (Lipinski definition) is 3. The van der Waals surface area contributed by atoms with E-state index in [9.17, 15) is 4.79 Å². The molecule has 6 heteroatoms. The lowest BCUT2D eigenvalue weighted by molar-refractivity contribution is -0.119. The summed E-state index contributed by atoms with van der Waals surface area (Å²) in [7, 11) is 0. The summed E-state index contributed by atoms with van der Waals surface area (Å²) in [5.74, 6) is -0.0503. The van der Waals surface area contributed by atoms with E-state index < -0.39 is 0 Å². The van der Waals surface area contributed by atoms with Crippen molar-refractivity contribution in [2.24, 2.45) is 5.73 Å². The SMILES string of the molecule is CCCNC(=O)CNc1cccc(Br)c1C(N)=S. The van der Waals surface area contributed by atoms with Crippen LogP contribution in [0.1, 0.15) is 18.9 Å². The topological polar surface area (TPSA) is 67.2 Å². The first-order chi connectivity index (χ1) is 8.56. The van der Waals surface area contributed by atoms with Gasteiger partial charge in [-0.25, -0.2) is 0 Å². The van der Waals surface area contributed by atoms with Crippen LogP contribution < -0.4 is 16.4 Å². The van der Waals surface area contributed by atoms with Crippen molar-refractivity contribution in [1.29, 1.82) is 0 Å². The van der Waals surface area contributed by atoms with Gasteiger partial charge >= 0.3 is 0 Å². The van der Waals surface area contributed by atoms with Gasteiger partial charge in [-0.1, -0.05) is 25.2 Å². The molecule has 0 aromatic heterocycles. The molecule has 0 fully saturated rings. The van der Waals surface area contributed by atoms with E-state index in [2.05, 4.69) is 26.6 Å². The summed E-state index contributed by atoms with van der Waals surface area (Å²) < 4.78 is 0.814. The number of hydrogen-bond acceptors (Lipinski definition) is 3. The third-order valence-electron chi connectivity index (χ3n) is 2.27. The van der Waals surface area contributed by atoms with Gasteiger partial charge in [0.25, 0.3) is 0 Å². The Morgan fingerprint density at radius 1 is 1.50 bits per heavy atom. The molecular weight excluding hydrogens is 314 g/mol. The molecule has 0 aliphatic carbocycles. The van der Waals surface area contributed by atoms with Gasteiger partial charge in [-0.05, 0) is 34.5 Å². The van der Waals surface area contributed by atoms with Gasteiger partial charge in [-0.3, -0.25) is 4.79 Å². The molecule has 0 bridgehead atoms. The molecule has 98 valence electrons. The Morgan fingerprint density at radius 2 is 2.22 bits per heavy atom. The van der Waals surface area contributed by atoms with Crippen molar-refractivity contribution in [1.82, 2.24) is 5.32 Å². The minimum absolute atomic E-state index is 0.0503. The van der Waals surface area contributed by atoms with Crippen LogP contribution in [0.4, 0.5) is 5.69 Å². The Kier molecular flexibility index (Phi) is 6.07. The predicted molar refractivity (Wildman–Crippen MR) is 81.8 cm³/mol. The van der Waals surface area contributed by atoms with E-state index >= 15 is 0 Å². The quantitative estimate of drug-likeness (QED) is 0.698. The van der Waals surface area contributed by atoms with Crippen LogP contribution in [0.3, 0.4) is 0 Å². The van der Waals surface area contributed by atoms with Crippen LogP contribution in [0.15, 0.2) is 22.7 Å². The van der Waals surface area contributed by atoms with Crippen molar-refractivity contribution in [2.75, 3.05) is 18.4 Å². The van der Waals surface area contributed by atoms with Crippen LogP contribution in [0.25, 0.3) is 0 Å². The molecule has 1 amide bonds. The van der Waals surface area contributed by atoms with Crippen LogP contribution in [-0.2, 0) is 4.79 Å². The lowest BCUT2D eigenvalue weighted by Gasteiger charge is -2.12. The molecule has 0 unspecified atom stereocenters. The zero-order valence-electron chi connectivity index (χ0n) is 10.1. The number of carbonyl (C=O) groups excluding carboxylic acids is 1. The van der Waals surface area contributed by atoms with Gasteiger partial charge < -0.3 is 16.4 Å². The fourth-order valence-electron chi connectivity index (χ4n) is 1.42. The molecule has 4 nitrogen and oxygen atoms in total. The van der Waals surface area contributed by atoms with Gasteiger partial charge in [0, 0.05) is 22.3 Å². The fraction of sp³-hybridized carbons (Fsp3) is 0.333. The van der Waals surface area contributed by atoms with E-state index in [1.807, 2.05) is 25.1 Å². The molecule has 0 aliphatic heterocycles. The Labute approximate surface area is 120 Å². The maximum Gasteiger partial charge on any atom is 0.239 e. The molecule has 4 N–H and O–H groups in total. The Balaban J connectivity index is 2.70. The molecule has 0 heterocycles. The highest BCUT2D eigenvalue weighted by molar-refractivity contribution is 9.10. The number of rotatable bonds is 6. The largest absolute Gasteiger partial charge is 0.389 e. The highest BCUT2D eigenvalue weighted by Crippen LogP contribution is 2.24. The lowest BCUT2D eigenvalue weighted by atomic mass is 10.2. The van der Waals surface area contributed by atoms with Crippen LogP contribution >= 0.6 is 28.1 Å². The number of nitrogens with two attached hydrogens (primary N) is 1. The number of halogens is 1. The highest BCUT2D eigenvalue weighted by atomic mass is 79.9. The van der Waals surface area contributed by atoms with Gasteiger partial charge in [0.1, 0.15) is 4.99 Å².